The number of hydrogen-bond acceptors (Lipinski definition) is 12. The number of rotatable bonds is 10. The van der Waals surface area contributed by atoms with Crippen molar-refractivity contribution in [3.63, 3.8) is 0 Å². The molecule has 4 heterocycles. The van der Waals surface area contributed by atoms with E-state index in [9.17, 15) is 24.7 Å². The third-order valence-corrected chi connectivity index (χ3v) is 11.6. The van der Waals surface area contributed by atoms with E-state index in [1.807, 2.05) is 6.92 Å². The highest BCUT2D eigenvalue weighted by molar-refractivity contribution is 8.05. The summed E-state index contributed by atoms with van der Waals surface area (Å²) < 4.78 is 0.944. The molecule has 216 valence electrons. The molecule has 2 amide bonds. The number of nitrogens with zero attached hydrogens (tertiary/aromatic N) is 4. The van der Waals surface area contributed by atoms with Crippen LogP contribution in [0.25, 0.3) is 0 Å². The van der Waals surface area contributed by atoms with Crippen molar-refractivity contribution in [3.8, 4) is 0 Å². The molecule has 2 saturated carbocycles. The Morgan fingerprint density at radius 1 is 1.34 bits per heavy atom. The topological polar surface area (TPSA) is 197 Å². The van der Waals surface area contributed by atoms with E-state index in [0.29, 0.717) is 36.5 Å². The quantitative estimate of drug-likeness (QED) is 0.113. The molecule has 0 bridgehead atoms. The van der Waals surface area contributed by atoms with Gasteiger partial charge in [-0.25, -0.2) is 14.8 Å². The number of pyridine rings is 1. The minimum Gasteiger partial charge on any atom is -0.477 e. The van der Waals surface area contributed by atoms with Gasteiger partial charge in [-0.2, -0.15) is 11.8 Å². The highest BCUT2D eigenvalue weighted by atomic mass is 32.2. The van der Waals surface area contributed by atoms with Gasteiger partial charge >= 0.3 is 5.97 Å². The largest absolute Gasteiger partial charge is 0.477 e. The summed E-state index contributed by atoms with van der Waals surface area (Å²) in [6, 6.07) is 4.30. The lowest BCUT2D eigenvalue weighted by Crippen LogP contribution is -2.57. The van der Waals surface area contributed by atoms with Crippen molar-refractivity contribution in [1.82, 2.24) is 20.2 Å². The number of thiazole rings is 1. The zero-order valence-electron chi connectivity index (χ0n) is 22.1. The van der Waals surface area contributed by atoms with Gasteiger partial charge in [-0.15, -0.1) is 11.3 Å². The Bertz CT molecular complexity index is 1510. The molecule has 2 aromatic heterocycles. The molecule has 4 aliphatic rings. The van der Waals surface area contributed by atoms with Crippen LogP contribution in [-0.4, -0.2) is 72.6 Å². The molecule has 6 rings (SSSR count). The van der Waals surface area contributed by atoms with Gasteiger partial charge in [0.2, 0.25) is 5.91 Å². The molecule has 2 aromatic rings. The Balaban J connectivity index is 1.25. The number of carbonyl (C=O) groups is 3. The fourth-order valence-corrected chi connectivity index (χ4v) is 10.0. The average molecular weight is 616 g/mol. The first-order valence-electron chi connectivity index (χ1n) is 13.2. The SMILES string of the molecule is Cc1nc(CSCCN)c(SC2=C(C(=O)O)N3C(=O)C4CC(NC(=O)/C(=N\O)c5cccc(N)n5)C4C34CC4C2)s1. The first-order chi connectivity index (χ1) is 19.7. The Labute approximate surface area is 248 Å². The zero-order valence-corrected chi connectivity index (χ0v) is 24.5. The maximum Gasteiger partial charge on any atom is 0.353 e. The fourth-order valence-electron chi connectivity index (χ4n) is 6.63. The Morgan fingerprint density at radius 3 is 2.85 bits per heavy atom. The predicted octanol–water partition coefficient (Wildman–Crippen LogP) is 2.01. The summed E-state index contributed by atoms with van der Waals surface area (Å²) in [6.45, 7) is 2.50. The van der Waals surface area contributed by atoms with Gasteiger partial charge < -0.3 is 27.1 Å². The molecule has 15 heteroatoms. The number of aryl methyl sites for hydroxylation is 1. The molecule has 12 nitrogen and oxygen atoms in total. The number of nitrogen functional groups attached to an aromatic ring is 1. The van der Waals surface area contributed by atoms with Crippen molar-refractivity contribution in [2.24, 2.45) is 28.6 Å². The number of oxime groups is 1. The average Bonchev–Trinajstić information content (AvgIpc) is 3.44. The second-order valence-electron chi connectivity index (χ2n) is 10.6. The van der Waals surface area contributed by atoms with Crippen LogP contribution in [0.15, 0.2) is 38.2 Å². The number of nitrogens with two attached hydrogens (primary N) is 2. The number of carboxylic acids is 1. The number of aromatic nitrogens is 2. The molecule has 5 atom stereocenters. The second-order valence-corrected chi connectivity index (χ2v) is 14.3. The summed E-state index contributed by atoms with van der Waals surface area (Å²) in [6.07, 6.45) is 1.60. The molecule has 41 heavy (non-hydrogen) atoms. The van der Waals surface area contributed by atoms with Crippen LogP contribution < -0.4 is 16.8 Å². The lowest BCUT2D eigenvalue weighted by Gasteiger charge is -2.43. The van der Waals surface area contributed by atoms with Crippen LogP contribution in [0.2, 0.25) is 0 Å². The maximum atomic E-state index is 13.7. The third kappa shape index (κ3) is 4.58. The van der Waals surface area contributed by atoms with E-state index in [-0.39, 0.29) is 52.6 Å². The summed E-state index contributed by atoms with van der Waals surface area (Å²) in [4.78, 5) is 50.4. The summed E-state index contributed by atoms with van der Waals surface area (Å²) in [7, 11) is 0. The number of anilines is 1. The first kappa shape index (κ1) is 28.0. The van der Waals surface area contributed by atoms with Crippen molar-refractivity contribution in [3.05, 3.63) is 45.2 Å². The van der Waals surface area contributed by atoms with Gasteiger partial charge in [0.1, 0.15) is 17.2 Å². The monoisotopic (exact) mass is 615 g/mol. The fraction of sp³-hybridized carbons (Fsp3) is 0.462. The number of amides is 2. The van der Waals surface area contributed by atoms with Crippen molar-refractivity contribution in [2.75, 3.05) is 18.0 Å². The normalized spacial score (nSPS) is 28.1. The smallest absolute Gasteiger partial charge is 0.353 e. The molecule has 0 radical (unpaired) electrons. The number of nitrogens with one attached hydrogen (secondary N) is 1. The number of carboxylic acid groups (broad SMARTS) is 1. The molecule has 1 spiro atoms. The minimum atomic E-state index is -1.13. The number of carbonyl (C=O) groups excluding carboxylic acids is 2. The Morgan fingerprint density at radius 2 is 2.15 bits per heavy atom. The van der Waals surface area contributed by atoms with E-state index >= 15 is 0 Å². The molecule has 5 unspecified atom stereocenters. The third-order valence-electron chi connectivity index (χ3n) is 8.28. The van der Waals surface area contributed by atoms with E-state index in [1.165, 1.54) is 34.1 Å². The van der Waals surface area contributed by atoms with Crippen LogP contribution in [0, 0.1) is 24.7 Å². The predicted molar refractivity (Wildman–Crippen MR) is 155 cm³/mol. The lowest BCUT2D eigenvalue weighted by molar-refractivity contribution is -0.140. The maximum absolute atomic E-state index is 13.7. The summed E-state index contributed by atoms with van der Waals surface area (Å²) >= 11 is 4.62. The molecular weight excluding hydrogens is 587 g/mol. The van der Waals surface area contributed by atoms with E-state index in [1.54, 1.807) is 23.9 Å². The summed E-state index contributed by atoms with van der Waals surface area (Å²) in [5.41, 5.74) is 11.5. The zero-order chi connectivity index (χ0) is 29.1. The van der Waals surface area contributed by atoms with Gasteiger partial charge in [0, 0.05) is 40.8 Å². The van der Waals surface area contributed by atoms with Crippen LogP contribution in [0.3, 0.4) is 0 Å². The van der Waals surface area contributed by atoms with Crippen molar-refractivity contribution >= 4 is 64.2 Å². The number of thioether (sulfide) groups is 2. The Kier molecular flexibility index (Phi) is 7.24. The molecule has 0 aromatic carbocycles. The van der Waals surface area contributed by atoms with Gasteiger partial charge in [-0.3, -0.25) is 14.5 Å². The van der Waals surface area contributed by atoms with Crippen LogP contribution in [0.1, 0.15) is 35.7 Å². The molecule has 2 aliphatic heterocycles. The van der Waals surface area contributed by atoms with Gasteiger partial charge in [0.05, 0.1) is 20.4 Å². The van der Waals surface area contributed by atoms with Crippen molar-refractivity contribution in [2.45, 2.75) is 47.7 Å². The Hall–Kier alpha value is -3.14. The van der Waals surface area contributed by atoms with E-state index in [4.69, 9.17) is 11.5 Å². The first-order valence-corrected chi connectivity index (χ1v) is 16.0. The van der Waals surface area contributed by atoms with Crippen molar-refractivity contribution < 1.29 is 24.7 Å². The second kappa shape index (κ2) is 10.6. The van der Waals surface area contributed by atoms with Crippen LogP contribution in [-0.2, 0) is 20.1 Å². The highest BCUT2D eigenvalue weighted by Crippen LogP contribution is 2.71. The van der Waals surface area contributed by atoms with E-state index in [2.05, 4.69) is 20.4 Å². The van der Waals surface area contributed by atoms with E-state index < -0.39 is 17.4 Å². The van der Waals surface area contributed by atoms with Gasteiger partial charge in [0.25, 0.3) is 5.91 Å². The number of allylic oxidation sites excluding steroid dienone is 1. The number of fused-ring (bicyclic) bond motifs is 1. The van der Waals surface area contributed by atoms with Gasteiger partial charge in [0.15, 0.2) is 5.71 Å². The van der Waals surface area contributed by atoms with Crippen LogP contribution in [0.4, 0.5) is 5.82 Å². The van der Waals surface area contributed by atoms with Crippen LogP contribution in [0.5, 0.6) is 0 Å². The summed E-state index contributed by atoms with van der Waals surface area (Å²) in [5.74, 6) is -0.806. The van der Waals surface area contributed by atoms with Crippen molar-refractivity contribution in [1.29, 1.82) is 0 Å². The highest BCUT2D eigenvalue weighted by Gasteiger charge is 2.78. The van der Waals surface area contributed by atoms with Gasteiger partial charge in [-0.05, 0) is 44.2 Å². The molecule has 1 saturated heterocycles. The molecule has 2 aliphatic carbocycles. The standard InChI is InChI=1S/C26H29N7O5S3/c1-11-29-16(10-39-6-5-27)25(40-11)41-17-7-12-9-26(12)19-13(23(35)33(26)21(17)24(36)37)8-15(19)31-22(34)20(32-38)14-3-2-4-18(28)30-14/h2-4,12-13,15,19,38H,5-10,27H2,1H3,(H2,28,30)(H,31,34)(H,36,37)/b32-20-. The number of hydrogen-bond donors (Lipinski definition) is 5. The lowest BCUT2D eigenvalue weighted by atomic mass is 9.66. The molecular formula is C26H29N7O5S3. The molecule has 7 N–H and O–H groups in total. The van der Waals surface area contributed by atoms with Crippen LogP contribution >= 0.6 is 34.9 Å². The van der Waals surface area contributed by atoms with E-state index in [0.717, 1.165) is 20.7 Å². The summed E-state index contributed by atoms with van der Waals surface area (Å²) in [5, 5.41) is 26.9. The number of aliphatic carboxylic acids is 1. The van der Waals surface area contributed by atoms with Gasteiger partial charge in [-0.1, -0.05) is 23.0 Å². The minimum absolute atomic E-state index is 0.0430. The molecule has 3 fully saturated rings.